The second-order valence-electron chi connectivity index (χ2n) is 5.99. The minimum absolute atomic E-state index is 0.0263. The number of methoxy groups -OCH3 is 1. The Morgan fingerprint density at radius 3 is 2.85 bits per heavy atom. The summed E-state index contributed by atoms with van der Waals surface area (Å²) in [6.45, 7) is 2.65. The molecule has 0 fully saturated rings. The smallest absolute Gasteiger partial charge is 0.258 e. The van der Waals surface area contributed by atoms with Crippen LogP contribution in [-0.2, 0) is 11.3 Å². The molecule has 0 spiro atoms. The van der Waals surface area contributed by atoms with E-state index in [1.54, 1.807) is 17.7 Å². The fourth-order valence-electron chi connectivity index (χ4n) is 3.17. The number of allylic oxidation sites excluding steroid dienone is 1. The average Bonchev–Trinajstić information content (AvgIpc) is 2.60. The summed E-state index contributed by atoms with van der Waals surface area (Å²) in [6.07, 6.45) is 0. The van der Waals surface area contributed by atoms with Gasteiger partial charge in [0, 0.05) is 29.9 Å². The van der Waals surface area contributed by atoms with E-state index < -0.39 is 5.92 Å². The van der Waals surface area contributed by atoms with E-state index >= 15 is 0 Å². The number of nitriles is 1. The Kier molecular flexibility index (Phi) is 5.16. The third-order valence-electron chi connectivity index (χ3n) is 4.39. The summed E-state index contributed by atoms with van der Waals surface area (Å²) in [4.78, 5) is 13.2. The van der Waals surface area contributed by atoms with Crippen LogP contribution in [0.25, 0.3) is 0 Å². The van der Waals surface area contributed by atoms with Crippen molar-refractivity contribution in [1.82, 2.24) is 4.57 Å². The third-order valence-corrected chi connectivity index (χ3v) is 4.88. The van der Waals surface area contributed by atoms with Crippen LogP contribution in [0.15, 0.2) is 51.1 Å². The number of nitrogens with zero attached hydrogens (tertiary/aromatic N) is 2. The number of pyridine rings is 1. The first-order chi connectivity index (χ1) is 12.5. The Labute approximate surface area is 159 Å². The van der Waals surface area contributed by atoms with E-state index in [2.05, 4.69) is 22.0 Å². The maximum Gasteiger partial charge on any atom is 0.258 e. The Balaban J connectivity index is 2.28. The summed E-state index contributed by atoms with van der Waals surface area (Å²) in [5.74, 6) is -0.163. The number of aryl methyl sites for hydroxylation is 1. The van der Waals surface area contributed by atoms with E-state index in [4.69, 9.17) is 15.2 Å². The third kappa shape index (κ3) is 3.14. The van der Waals surface area contributed by atoms with Crippen LogP contribution in [0.1, 0.15) is 22.7 Å². The zero-order valence-electron chi connectivity index (χ0n) is 14.5. The molecule has 26 heavy (non-hydrogen) atoms. The molecule has 3 rings (SSSR count). The molecule has 0 radical (unpaired) electrons. The first-order valence-electron chi connectivity index (χ1n) is 8.04. The molecule has 0 bridgehead atoms. The first-order valence-corrected chi connectivity index (χ1v) is 8.83. The number of benzene rings is 1. The van der Waals surface area contributed by atoms with Crippen LogP contribution in [0.4, 0.5) is 0 Å². The van der Waals surface area contributed by atoms with Crippen molar-refractivity contribution in [1.29, 1.82) is 5.26 Å². The molecule has 0 unspecified atom stereocenters. The van der Waals surface area contributed by atoms with E-state index in [9.17, 15) is 10.1 Å². The molecule has 1 aromatic heterocycles. The van der Waals surface area contributed by atoms with Crippen molar-refractivity contribution in [2.75, 3.05) is 13.7 Å². The van der Waals surface area contributed by atoms with E-state index in [1.165, 1.54) is 0 Å². The minimum atomic E-state index is -0.580. The Morgan fingerprint density at radius 1 is 1.42 bits per heavy atom. The van der Waals surface area contributed by atoms with Gasteiger partial charge in [0.1, 0.15) is 17.4 Å². The van der Waals surface area contributed by atoms with Crippen molar-refractivity contribution in [2.24, 2.45) is 5.73 Å². The lowest BCUT2D eigenvalue weighted by Crippen LogP contribution is -2.33. The number of hydrogen-bond donors (Lipinski definition) is 1. The van der Waals surface area contributed by atoms with E-state index in [-0.39, 0.29) is 17.0 Å². The van der Waals surface area contributed by atoms with Gasteiger partial charge >= 0.3 is 0 Å². The van der Waals surface area contributed by atoms with E-state index in [0.717, 1.165) is 15.7 Å². The minimum Gasteiger partial charge on any atom is -0.440 e. The van der Waals surface area contributed by atoms with Gasteiger partial charge in [-0.25, -0.2) is 0 Å². The van der Waals surface area contributed by atoms with Gasteiger partial charge < -0.3 is 19.8 Å². The number of hydrogen-bond acceptors (Lipinski definition) is 5. The quantitative estimate of drug-likeness (QED) is 0.828. The van der Waals surface area contributed by atoms with Gasteiger partial charge in [0.05, 0.1) is 18.1 Å². The molecule has 1 atom stereocenters. The molecule has 2 heterocycles. The van der Waals surface area contributed by atoms with Gasteiger partial charge in [0.25, 0.3) is 5.56 Å². The van der Waals surface area contributed by atoms with Gasteiger partial charge in [-0.15, -0.1) is 0 Å². The Morgan fingerprint density at radius 2 is 2.19 bits per heavy atom. The second kappa shape index (κ2) is 7.36. The summed E-state index contributed by atoms with van der Waals surface area (Å²) >= 11 is 3.44. The van der Waals surface area contributed by atoms with Crippen LogP contribution in [-0.4, -0.2) is 18.3 Å². The molecule has 134 valence electrons. The van der Waals surface area contributed by atoms with Crippen molar-refractivity contribution in [3.8, 4) is 11.8 Å². The number of aromatic nitrogens is 1. The first kappa shape index (κ1) is 18.2. The molecule has 1 aliphatic rings. The van der Waals surface area contributed by atoms with Crippen LogP contribution in [0.2, 0.25) is 0 Å². The van der Waals surface area contributed by atoms with Gasteiger partial charge in [-0.3, -0.25) is 4.79 Å². The summed E-state index contributed by atoms with van der Waals surface area (Å²) in [6, 6.07) is 11.4. The summed E-state index contributed by atoms with van der Waals surface area (Å²) in [5, 5.41) is 9.64. The van der Waals surface area contributed by atoms with Crippen molar-refractivity contribution < 1.29 is 9.47 Å². The van der Waals surface area contributed by atoms with Gasteiger partial charge in [0.15, 0.2) is 0 Å². The molecule has 0 amide bonds. The largest absolute Gasteiger partial charge is 0.440 e. The maximum absolute atomic E-state index is 13.2. The van der Waals surface area contributed by atoms with Crippen LogP contribution in [0.5, 0.6) is 5.75 Å². The molecule has 0 aliphatic carbocycles. The van der Waals surface area contributed by atoms with E-state index in [1.807, 2.05) is 31.2 Å². The molecular formula is C19H18BrN3O3. The number of fused-ring (bicyclic) bond motifs is 1. The van der Waals surface area contributed by atoms with Crippen LogP contribution in [0.3, 0.4) is 0 Å². The highest BCUT2D eigenvalue weighted by atomic mass is 79.9. The molecule has 0 saturated heterocycles. The van der Waals surface area contributed by atoms with Gasteiger partial charge in [-0.2, -0.15) is 5.26 Å². The lowest BCUT2D eigenvalue weighted by Gasteiger charge is -2.27. The fraction of sp³-hybridized carbons (Fsp3) is 0.263. The molecule has 2 N–H and O–H groups in total. The molecule has 0 saturated carbocycles. The monoisotopic (exact) mass is 415 g/mol. The highest BCUT2D eigenvalue weighted by Gasteiger charge is 2.34. The maximum atomic E-state index is 13.2. The molecule has 1 aromatic carbocycles. The number of rotatable bonds is 4. The SMILES string of the molecule is COCCn1c(C)cc2c(c1=O)[C@@H](c1cccc(Br)c1)C(C#N)=C(N)O2. The van der Waals surface area contributed by atoms with Crippen molar-refractivity contribution in [2.45, 2.75) is 19.4 Å². The van der Waals surface area contributed by atoms with Crippen molar-refractivity contribution in [3.63, 3.8) is 0 Å². The highest BCUT2D eigenvalue weighted by molar-refractivity contribution is 9.10. The fourth-order valence-corrected chi connectivity index (χ4v) is 3.58. The van der Waals surface area contributed by atoms with Gasteiger partial charge in [-0.1, -0.05) is 28.1 Å². The molecule has 1 aliphatic heterocycles. The number of halogens is 1. The van der Waals surface area contributed by atoms with Gasteiger partial charge in [-0.05, 0) is 24.6 Å². The summed E-state index contributed by atoms with van der Waals surface area (Å²) < 4.78 is 13.2. The molecule has 2 aromatic rings. The van der Waals surface area contributed by atoms with Crippen LogP contribution < -0.4 is 16.0 Å². The predicted molar refractivity (Wildman–Crippen MR) is 101 cm³/mol. The highest BCUT2D eigenvalue weighted by Crippen LogP contribution is 2.40. The second-order valence-corrected chi connectivity index (χ2v) is 6.91. The standard InChI is InChI=1S/C19H18BrN3O3/c1-11-8-15-17(19(24)23(11)6-7-25-2)16(14(10-21)18(22)26-15)12-4-3-5-13(20)9-12/h3-5,8-9,16H,6-7,22H2,1-2H3/t16-/m0/s1. The molecule has 7 heteroatoms. The Bertz CT molecular complexity index is 988. The normalized spacial score (nSPS) is 16.0. The zero-order valence-corrected chi connectivity index (χ0v) is 16.0. The van der Waals surface area contributed by atoms with E-state index in [0.29, 0.717) is 24.5 Å². The number of ether oxygens (including phenoxy) is 2. The van der Waals surface area contributed by atoms with Crippen LogP contribution in [0, 0.1) is 18.3 Å². The average molecular weight is 416 g/mol. The number of nitrogens with two attached hydrogens (primary N) is 1. The van der Waals surface area contributed by atoms with Gasteiger partial charge in [0.2, 0.25) is 5.88 Å². The topological polar surface area (TPSA) is 90.3 Å². The summed E-state index contributed by atoms with van der Waals surface area (Å²) in [5.41, 5.74) is 7.96. The molecular weight excluding hydrogens is 398 g/mol. The lowest BCUT2D eigenvalue weighted by atomic mass is 9.84. The zero-order chi connectivity index (χ0) is 18.8. The van der Waals surface area contributed by atoms with Crippen molar-refractivity contribution in [3.05, 3.63) is 73.4 Å². The predicted octanol–water partition coefficient (Wildman–Crippen LogP) is 2.78. The van der Waals surface area contributed by atoms with Crippen molar-refractivity contribution >= 4 is 15.9 Å². The Hall–Kier alpha value is -2.56. The van der Waals surface area contributed by atoms with Crippen LogP contribution >= 0.6 is 15.9 Å². The lowest BCUT2D eigenvalue weighted by molar-refractivity contribution is 0.185. The summed E-state index contributed by atoms with van der Waals surface area (Å²) in [7, 11) is 1.59. The molecule has 6 nitrogen and oxygen atoms in total.